The SMILES string of the molecule is CSc1ccc(N2CC(C(=O)OCC(=O)Nc3ccccc3C(=O)NC3CCCC3)CC2=O)cc1. The molecule has 1 aliphatic carbocycles. The number of benzene rings is 2. The van der Waals surface area contributed by atoms with Crippen LogP contribution in [0.15, 0.2) is 53.4 Å². The number of carbonyl (C=O) groups is 4. The molecule has 184 valence electrons. The molecule has 0 radical (unpaired) electrons. The van der Waals surface area contributed by atoms with Gasteiger partial charge in [0, 0.05) is 29.6 Å². The lowest BCUT2D eigenvalue weighted by Gasteiger charge is -2.17. The van der Waals surface area contributed by atoms with Crippen LogP contribution < -0.4 is 15.5 Å². The van der Waals surface area contributed by atoms with Gasteiger partial charge in [-0.15, -0.1) is 11.8 Å². The van der Waals surface area contributed by atoms with E-state index in [-0.39, 0.29) is 30.8 Å². The second-order valence-corrected chi connectivity index (χ2v) is 9.64. The number of esters is 1. The molecule has 2 fully saturated rings. The van der Waals surface area contributed by atoms with E-state index in [1.54, 1.807) is 40.9 Å². The summed E-state index contributed by atoms with van der Waals surface area (Å²) >= 11 is 1.61. The first-order chi connectivity index (χ1) is 16.9. The molecule has 0 spiro atoms. The molecular weight excluding hydrogens is 466 g/mol. The zero-order valence-electron chi connectivity index (χ0n) is 19.6. The Morgan fingerprint density at radius 1 is 1.06 bits per heavy atom. The Balaban J connectivity index is 1.29. The summed E-state index contributed by atoms with van der Waals surface area (Å²) in [5.41, 5.74) is 1.46. The van der Waals surface area contributed by atoms with E-state index < -0.39 is 24.4 Å². The molecule has 2 N–H and O–H groups in total. The van der Waals surface area contributed by atoms with Gasteiger partial charge in [-0.25, -0.2) is 0 Å². The molecular formula is C26H29N3O5S. The fourth-order valence-corrected chi connectivity index (χ4v) is 4.85. The van der Waals surface area contributed by atoms with Crippen molar-refractivity contribution in [1.82, 2.24) is 5.32 Å². The predicted octanol–water partition coefficient (Wildman–Crippen LogP) is 3.62. The average Bonchev–Trinajstić information content (AvgIpc) is 3.52. The second-order valence-electron chi connectivity index (χ2n) is 8.76. The number of hydrogen-bond acceptors (Lipinski definition) is 6. The Morgan fingerprint density at radius 2 is 1.77 bits per heavy atom. The highest BCUT2D eigenvalue weighted by Crippen LogP contribution is 2.28. The molecule has 1 atom stereocenters. The van der Waals surface area contributed by atoms with E-state index in [1.165, 1.54) is 0 Å². The van der Waals surface area contributed by atoms with Crippen molar-refractivity contribution in [2.24, 2.45) is 5.92 Å². The van der Waals surface area contributed by atoms with Gasteiger partial charge < -0.3 is 20.3 Å². The summed E-state index contributed by atoms with van der Waals surface area (Å²) in [5.74, 6) is -2.17. The van der Waals surface area contributed by atoms with Gasteiger partial charge in [-0.05, 0) is 55.5 Å². The minimum Gasteiger partial charge on any atom is -0.455 e. The molecule has 4 rings (SSSR count). The Hall–Kier alpha value is -3.33. The van der Waals surface area contributed by atoms with E-state index in [0.717, 1.165) is 36.3 Å². The fraction of sp³-hybridized carbons (Fsp3) is 0.385. The number of nitrogens with zero attached hydrogens (tertiary/aromatic N) is 1. The molecule has 1 saturated carbocycles. The topological polar surface area (TPSA) is 105 Å². The lowest BCUT2D eigenvalue weighted by molar-refractivity contribution is -0.151. The number of anilines is 2. The molecule has 3 amide bonds. The molecule has 1 heterocycles. The number of rotatable bonds is 8. The summed E-state index contributed by atoms with van der Waals surface area (Å²) in [6.07, 6.45) is 6.13. The van der Waals surface area contributed by atoms with Gasteiger partial charge in [0.15, 0.2) is 6.61 Å². The summed E-state index contributed by atoms with van der Waals surface area (Å²) in [6.45, 7) is -0.285. The van der Waals surface area contributed by atoms with Gasteiger partial charge >= 0.3 is 5.97 Å². The van der Waals surface area contributed by atoms with Gasteiger partial charge in [-0.3, -0.25) is 19.2 Å². The molecule has 9 heteroatoms. The molecule has 0 bridgehead atoms. The highest BCUT2D eigenvalue weighted by Gasteiger charge is 2.36. The minimum atomic E-state index is -0.639. The van der Waals surface area contributed by atoms with E-state index >= 15 is 0 Å². The van der Waals surface area contributed by atoms with Crippen molar-refractivity contribution in [1.29, 1.82) is 0 Å². The number of ether oxygens (including phenoxy) is 1. The van der Waals surface area contributed by atoms with Crippen LogP contribution in [0, 0.1) is 5.92 Å². The van der Waals surface area contributed by atoms with Crippen molar-refractivity contribution < 1.29 is 23.9 Å². The molecule has 35 heavy (non-hydrogen) atoms. The number of carbonyl (C=O) groups excluding carboxylic acids is 4. The standard InChI is InChI=1S/C26H29N3O5S/c1-35-20-12-10-19(11-13-20)29-15-17(14-24(29)31)26(33)34-16-23(30)28-22-9-5-4-8-21(22)25(32)27-18-6-2-3-7-18/h4-5,8-13,17-18H,2-3,6-7,14-16H2,1H3,(H,27,32)(H,28,30). The van der Waals surface area contributed by atoms with Crippen molar-refractivity contribution >= 4 is 46.8 Å². The lowest BCUT2D eigenvalue weighted by atomic mass is 10.1. The first-order valence-electron chi connectivity index (χ1n) is 11.8. The highest BCUT2D eigenvalue weighted by atomic mass is 32.2. The summed E-state index contributed by atoms with van der Waals surface area (Å²) < 4.78 is 5.20. The van der Waals surface area contributed by atoms with E-state index in [0.29, 0.717) is 11.3 Å². The second kappa shape index (κ2) is 11.4. The van der Waals surface area contributed by atoms with E-state index in [2.05, 4.69) is 10.6 Å². The molecule has 1 saturated heterocycles. The Kier molecular flexibility index (Phi) is 8.07. The van der Waals surface area contributed by atoms with Crippen LogP contribution in [0.3, 0.4) is 0 Å². The lowest BCUT2D eigenvalue weighted by Crippen LogP contribution is -2.33. The monoisotopic (exact) mass is 495 g/mol. The largest absolute Gasteiger partial charge is 0.455 e. The fourth-order valence-electron chi connectivity index (χ4n) is 4.44. The third-order valence-electron chi connectivity index (χ3n) is 6.32. The van der Waals surface area contributed by atoms with Crippen LogP contribution in [0.2, 0.25) is 0 Å². The van der Waals surface area contributed by atoms with Crippen LogP contribution in [0.25, 0.3) is 0 Å². The summed E-state index contributed by atoms with van der Waals surface area (Å²) in [7, 11) is 0. The van der Waals surface area contributed by atoms with Crippen molar-refractivity contribution in [2.75, 3.05) is 29.6 Å². The molecule has 1 aliphatic heterocycles. The normalized spacial score (nSPS) is 17.9. The van der Waals surface area contributed by atoms with Gasteiger partial charge in [0.2, 0.25) is 5.91 Å². The Labute approximate surface area is 208 Å². The number of hydrogen-bond donors (Lipinski definition) is 2. The summed E-state index contributed by atoms with van der Waals surface area (Å²) in [4.78, 5) is 52.8. The van der Waals surface area contributed by atoms with Gasteiger partial charge in [0.1, 0.15) is 0 Å². The van der Waals surface area contributed by atoms with Crippen molar-refractivity contribution in [3.8, 4) is 0 Å². The van der Waals surface area contributed by atoms with Crippen molar-refractivity contribution in [2.45, 2.75) is 43.0 Å². The molecule has 8 nitrogen and oxygen atoms in total. The van der Waals surface area contributed by atoms with Gasteiger partial charge in [-0.2, -0.15) is 0 Å². The van der Waals surface area contributed by atoms with Crippen LogP contribution in [-0.4, -0.2) is 49.1 Å². The number of nitrogens with one attached hydrogen (secondary N) is 2. The van der Waals surface area contributed by atoms with E-state index in [1.807, 2.05) is 30.5 Å². The van der Waals surface area contributed by atoms with E-state index in [9.17, 15) is 19.2 Å². The van der Waals surface area contributed by atoms with Crippen LogP contribution in [0.1, 0.15) is 42.5 Å². The third-order valence-corrected chi connectivity index (χ3v) is 7.07. The van der Waals surface area contributed by atoms with Crippen LogP contribution in [0.4, 0.5) is 11.4 Å². The van der Waals surface area contributed by atoms with E-state index in [4.69, 9.17) is 4.74 Å². The molecule has 2 aromatic rings. The zero-order valence-corrected chi connectivity index (χ0v) is 20.4. The Bertz CT molecular complexity index is 1100. The summed E-state index contributed by atoms with van der Waals surface area (Å²) in [5, 5.41) is 5.67. The smallest absolute Gasteiger partial charge is 0.311 e. The number of para-hydroxylation sites is 1. The molecule has 1 unspecified atom stereocenters. The number of thioether (sulfide) groups is 1. The minimum absolute atomic E-state index is 0.0366. The van der Waals surface area contributed by atoms with Crippen LogP contribution in [0.5, 0.6) is 0 Å². The Morgan fingerprint density at radius 3 is 2.49 bits per heavy atom. The van der Waals surface area contributed by atoms with Crippen molar-refractivity contribution in [3.63, 3.8) is 0 Å². The van der Waals surface area contributed by atoms with Crippen molar-refractivity contribution in [3.05, 3.63) is 54.1 Å². The molecule has 2 aliphatic rings. The first kappa shape index (κ1) is 24.8. The van der Waals surface area contributed by atoms with Crippen LogP contribution in [-0.2, 0) is 19.1 Å². The number of amides is 3. The van der Waals surface area contributed by atoms with Gasteiger partial charge in [0.25, 0.3) is 11.8 Å². The maximum atomic E-state index is 12.7. The highest BCUT2D eigenvalue weighted by molar-refractivity contribution is 7.98. The first-order valence-corrected chi connectivity index (χ1v) is 13.0. The third kappa shape index (κ3) is 6.22. The molecule has 2 aromatic carbocycles. The van der Waals surface area contributed by atoms with Gasteiger partial charge in [0.05, 0.1) is 17.2 Å². The predicted molar refractivity (Wildman–Crippen MR) is 134 cm³/mol. The molecule has 0 aromatic heterocycles. The van der Waals surface area contributed by atoms with Crippen LogP contribution >= 0.6 is 11.8 Å². The maximum Gasteiger partial charge on any atom is 0.311 e. The zero-order chi connectivity index (χ0) is 24.8. The quantitative estimate of drug-likeness (QED) is 0.428. The van der Waals surface area contributed by atoms with Gasteiger partial charge in [-0.1, -0.05) is 25.0 Å². The summed E-state index contributed by atoms with van der Waals surface area (Å²) in [6, 6.07) is 14.5. The average molecular weight is 496 g/mol. The maximum absolute atomic E-state index is 12.7.